The van der Waals surface area contributed by atoms with Crippen LogP contribution in [-0.4, -0.2) is 56.8 Å². The molecule has 6 heteroatoms. The molecule has 0 radical (unpaired) electrons. The monoisotopic (exact) mass is 361 g/mol. The summed E-state index contributed by atoms with van der Waals surface area (Å²) in [5.41, 5.74) is 0.871. The standard InChI is InChI=1S/C20H27NO5/c1-15(20(23)25-3)13-21(14-18-8-5-11-26-18)19(22)10-9-16-6-4-7-17(12-16)24-2/h4,6-7,9-10,12,15,18H,5,8,11,13-14H2,1-3H3/b10-9+. The minimum absolute atomic E-state index is 0.0222. The van der Waals surface area contributed by atoms with E-state index < -0.39 is 5.92 Å². The fraction of sp³-hybridized carbons (Fsp3) is 0.500. The third kappa shape index (κ3) is 5.88. The van der Waals surface area contributed by atoms with E-state index in [9.17, 15) is 9.59 Å². The summed E-state index contributed by atoms with van der Waals surface area (Å²) in [6, 6.07) is 7.46. The van der Waals surface area contributed by atoms with Gasteiger partial charge in [0.25, 0.3) is 0 Å². The second kappa shape index (κ2) is 9.97. The van der Waals surface area contributed by atoms with Gasteiger partial charge in [0.15, 0.2) is 0 Å². The van der Waals surface area contributed by atoms with Gasteiger partial charge in [-0.2, -0.15) is 0 Å². The summed E-state index contributed by atoms with van der Waals surface area (Å²) in [5.74, 6) is -0.142. The van der Waals surface area contributed by atoms with Gasteiger partial charge >= 0.3 is 5.97 Å². The van der Waals surface area contributed by atoms with Gasteiger partial charge in [0.05, 0.1) is 26.2 Å². The molecular formula is C20H27NO5. The van der Waals surface area contributed by atoms with E-state index in [0.29, 0.717) is 13.1 Å². The van der Waals surface area contributed by atoms with Crippen molar-refractivity contribution < 1.29 is 23.8 Å². The fourth-order valence-corrected chi connectivity index (χ4v) is 2.91. The van der Waals surface area contributed by atoms with Gasteiger partial charge in [0.2, 0.25) is 5.91 Å². The van der Waals surface area contributed by atoms with Crippen molar-refractivity contribution in [3.63, 3.8) is 0 Å². The zero-order valence-corrected chi connectivity index (χ0v) is 15.6. The lowest BCUT2D eigenvalue weighted by Gasteiger charge is -2.26. The number of carbonyl (C=O) groups excluding carboxylic acids is 2. The summed E-state index contributed by atoms with van der Waals surface area (Å²) in [7, 11) is 2.96. The molecule has 1 saturated heterocycles. The van der Waals surface area contributed by atoms with E-state index in [1.54, 1.807) is 25.0 Å². The Kier molecular flexibility index (Phi) is 7.66. The molecule has 6 nitrogen and oxygen atoms in total. The van der Waals surface area contributed by atoms with Gasteiger partial charge in [0.1, 0.15) is 5.75 Å². The van der Waals surface area contributed by atoms with E-state index in [4.69, 9.17) is 14.2 Å². The maximum absolute atomic E-state index is 12.7. The molecule has 1 aromatic rings. The van der Waals surface area contributed by atoms with Crippen LogP contribution in [0.2, 0.25) is 0 Å². The Labute approximate surface area is 154 Å². The van der Waals surface area contributed by atoms with Gasteiger partial charge in [-0.1, -0.05) is 19.1 Å². The number of ether oxygens (including phenoxy) is 3. The molecule has 0 bridgehead atoms. The summed E-state index contributed by atoms with van der Waals surface area (Å²) in [6.45, 7) is 3.25. The number of carbonyl (C=O) groups is 2. The van der Waals surface area contributed by atoms with Crippen LogP contribution in [0, 0.1) is 5.92 Å². The molecule has 0 aromatic heterocycles. The molecule has 1 amide bonds. The molecular weight excluding hydrogens is 334 g/mol. The van der Waals surface area contributed by atoms with Crippen LogP contribution in [0.4, 0.5) is 0 Å². The van der Waals surface area contributed by atoms with Gasteiger partial charge in [-0.25, -0.2) is 0 Å². The number of hydrogen-bond acceptors (Lipinski definition) is 5. The number of hydrogen-bond donors (Lipinski definition) is 0. The highest BCUT2D eigenvalue weighted by Gasteiger charge is 2.25. The van der Waals surface area contributed by atoms with Crippen LogP contribution in [0.5, 0.6) is 5.75 Å². The van der Waals surface area contributed by atoms with E-state index in [-0.39, 0.29) is 18.0 Å². The number of amides is 1. The predicted molar refractivity (Wildman–Crippen MR) is 98.8 cm³/mol. The third-order valence-corrected chi connectivity index (χ3v) is 4.37. The van der Waals surface area contributed by atoms with Crippen LogP contribution in [-0.2, 0) is 19.1 Å². The maximum atomic E-state index is 12.7. The van der Waals surface area contributed by atoms with Crippen LogP contribution in [0.25, 0.3) is 6.08 Å². The van der Waals surface area contributed by atoms with Gasteiger partial charge < -0.3 is 19.1 Å². The molecule has 0 saturated carbocycles. The van der Waals surface area contributed by atoms with Crippen molar-refractivity contribution in [2.75, 3.05) is 33.9 Å². The average molecular weight is 361 g/mol. The smallest absolute Gasteiger partial charge is 0.310 e. The minimum Gasteiger partial charge on any atom is -0.497 e. The van der Waals surface area contributed by atoms with E-state index >= 15 is 0 Å². The summed E-state index contributed by atoms with van der Waals surface area (Å²) in [6.07, 6.45) is 5.22. The Bertz CT molecular complexity index is 637. The van der Waals surface area contributed by atoms with Crippen molar-refractivity contribution in [3.8, 4) is 5.75 Å². The predicted octanol–water partition coefficient (Wildman–Crippen LogP) is 2.53. The van der Waals surface area contributed by atoms with Gasteiger partial charge in [-0.15, -0.1) is 0 Å². The lowest BCUT2D eigenvalue weighted by atomic mass is 10.1. The number of nitrogens with zero attached hydrogens (tertiary/aromatic N) is 1. The van der Waals surface area contributed by atoms with Crippen LogP contribution in [0.3, 0.4) is 0 Å². The second-order valence-corrected chi connectivity index (χ2v) is 6.41. The van der Waals surface area contributed by atoms with Crippen molar-refractivity contribution in [2.24, 2.45) is 5.92 Å². The normalized spacial score (nSPS) is 17.9. The van der Waals surface area contributed by atoms with Crippen molar-refractivity contribution in [1.82, 2.24) is 4.90 Å². The third-order valence-electron chi connectivity index (χ3n) is 4.37. The van der Waals surface area contributed by atoms with Crippen LogP contribution >= 0.6 is 0 Å². The molecule has 2 rings (SSSR count). The van der Waals surface area contributed by atoms with E-state index in [2.05, 4.69) is 0 Å². The van der Waals surface area contributed by atoms with Gasteiger partial charge in [0, 0.05) is 25.8 Å². The second-order valence-electron chi connectivity index (χ2n) is 6.41. The summed E-state index contributed by atoms with van der Waals surface area (Å²) in [4.78, 5) is 26.1. The quantitative estimate of drug-likeness (QED) is 0.526. The lowest BCUT2D eigenvalue weighted by molar-refractivity contribution is -0.146. The number of esters is 1. The highest BCUT2D eigenvalue weighted by atomic mass is 16.5. The summed E-state index contributed by atoms with van der Waals surface area (Å²) in [5, 5.41) is 0. The van der Waals surface area contributed by atoms with Crippen molar-refractivity contribution in [1.29, 1.82) is 0 Å². The van der Waals surface area contributed by atoms with Gasteiger partial charge in [-0.05, 0) is 36.6 Å². The fourth-order valence-electron chi connectivity index (χ4n) is 2.91. The van der Waals surface area contributed by atoms with Crippen LogP contribution in [0.1, 0.15) is 25.3 Å². The van der Waals surface area contributed by atoms with Crippen LogP contribution < -0.4 is 4.74 Å². The molecule has 0 spiro atoms. The Morgan fingerprint density at radius 2 is 2.19 bits per heavy atom. The Hall–Kier alpha value is -2.34. The lowest BCUT2D eigenvalue weighted by Crippen LogP contribution is -2.40. The number of methoxy groups -OCH3 is 2. The molecule has 2 atom stereocenters. The highest BCUT2D eigenvalue weighted by molar-refractivity contribution is 5.92. The highest BCUT2D eigenvalue weighted by Crippen LogP contribution is 2.16. The first-order valence-corrected chi connectivity index (χ1v) is 8.84. The Balaban J connectivity index is 2.07. The topological polar surface area (TPSA) is 65.1 Å². The molecule has 1 aromatic carbocycles. The molecule has 0 N–H and O–H groups in total. The molecule has 1 fully saturated rings. The van der Waals surface area contributed by atoms with E-state index in [1.165, 1.54) is 13.2 Å². The van der Waals surface area contributed by atoms with E-state index in [0.717, 1.165) is 30.8 Å². The summed E-state index contributed by atoms with van der Waals surface area (Å²) < 4.78 is 15.6. The number of benzene rings is 1. The average Bonchev–Trinajstić information content (AvgIpc) is 3.18. The molecule has 1 heterocycles. The first-order chi connectivity index (χ1) is 12.5. The molecule has 142 valence electrons. The minimum atomic E-state index is -0.393. The molecule has 1 aliphatic rings. The van der Waals surface area contributed by atoms with E-state index in [1.807, 2.05) is 24.3 Å². The van der Waals surface area contributed by atoms with Crippen molar-refractivity contribution in [2.45, 2.75) is 25.9 Å². The SMILES string of the molecule is COC(=O)C(C)CN(CC1CCCO1)C(=O)/C=C/c1cccc(OC)c1. The molecule has 1 aliphatic heterocycles. The Morgan fingerprint density at radius 3 is 2.85 bits per heavy atom. The largest absolute Gasteiger partial charge is 0.497 e. The van der Waals surface area contributed by atoms with Gasteiger partial charge in [-0.3, -0.25) is 9.59 Å². The molecule has 2 unspecified atom stereocenters. The molecule has 0 aliphatic carbocycles. The maximum Gasteiger partial charge on any atom is 0.310 e. The molecule has 26 heavy (non-hydrogen) atoms. The number of rotatable bonds is 8. The zero-order valence-electron chi connectivity index (χ0n) is 15.6. The van der Waals surface area contributed by atoms with Crippen LogP contribution in [0.15, 0.2) is 30.3 Å². The first-order valence-electron chi connectivity index (χ1n) is 8.84. The van der Waals surface area contributed by atoms with Crippen molar-refractivity contribution >= 4 is 18.0 Å². The zero-order chi connectivity index (χ0) is 18.9. The summed E-state index contributed by atoms with van der Waals surface area (Å²) >= 11 is 0. The Morgan fingerprint density at radius 1 is 1.38 bits per heavy atom. The van der Waals surface area contributed by atoms with Crippen molar-refractivity contribution in [3.05, 3.63) is 35.9 Å². The first kappa shape index (κ1) is 20.0.